The first-order valence-corrected chi connectivity index (χ1v) is 4.87. The highest BCUT2D eigenvalue weighted by Gasteiger charge is 2.46. The van der Waals surface area contributed by atoms with Gasteiger partial charge in [0.2, 0.25) is 0 Å². The molecule has 2 N–H and O–H groups in total. The van der Waals surface area contributed by atoms with Crippen molar-refractivity contribution in [3.05, 3.63) is 29.6 Å². The number of nitrogens with two attached hydrogens (primary N) is 1. The Hall–Kier alpha value is -1.13. The van der Waals surface area contributed by atoms with E-state index in [2.05, 4.69) is 4.84 Å². The molecule has 1 aromatic rings. The molecule has 1 aliphatic rings. The molecular weight excluding hydrogens is 197 g/mol. The number of hydrogen-bond donors (Lipinski definition) is 1. The third-order valence-electron chi connectivity index (χ3n) is 2.95. The molecule has 0 aliphatic heterocycles. The fourth-order valence-corrected chi connectivity index (χ4v) is 1.90. The van der Waals surface area contributed by atoms with E-state index in [0.29, 0.717) is 12.4 Å². The van der Waals surface area contributed by atoms with Crippen LogP contribution < -0.4 is 10.6 Å². The average Bonchev–Trinajstić information content (AvgIpc) is 2.99. The van der Waals surface area contributed by atoms with Gasteiger partial charge in [0.15, 0.2) is 0 Å². The molecule has 0 heterocycles. The minimum absolute atomic E-state index is 0.137. The van der Waals surface area contributed by atoms with Gasteiger partial charge in [0, 0.05) is 11.0 Å². The Bertz CT molecular complexity index is 364. The normalized spacial score (nSPS) is 17.5. The maximum atomic E-state index is 13.2. The Morgan fingerprint density at radius 2 is 2.20 bits per heavy atom. The topological polar surface area (TPSA) is 44.5 Å². The quantitative estimate of drug-likeness (QED) is 0.772. The highest BCUT2D eigenvalue weighted by Crippen LogP contribution is 2.51. The maximum absolute atomic E-state index is 13.2. The highest BCUT2D eigenvalue weighted by atomic mass is 19.1. The lowest BCUT2D eigenvalue weighted by Crippen LogP contribution is -2.19. The van der Waals surface area contributed by atoms with Crippen LogP contribution in [0.2, 0.25) is 0 Å². The number of methoxy groups -OCH3 is 1. The summed E-state index contributed by atoms with van der Waals surface area (Å²) < 4.78 is 18.4. The van der Waals surface area contributed by atoms with Gasteiger partial charge in [-0.25, -0.2) is 10.3 Å². The number of hydrogen-bond acceptors (Lipinski definition) is 3. The van der Waals surface area contributed by atoms with E-state index in [9.17, 15) is 4.39 Å². The molecule has 3 nitrogen and oxygen atoms in total. The van der Waals surface area contributed by atoms with E-state index in [-0.39, 0.29) is 11.2 Å². The van der Waals surface area contributed by atoms with Gasteiger partial charge in [-0.2, -0.15) is 0 Å². The predicted molar refractivity (Wildman–Crippen MR) is 54.0 cm³/mol. The lowest BCUT2D eigenvalue weighted by Gasteiger charge is -2.17. The summed E-state index contributed by atoms with van der Waals surface area (Å²) in [6.45, 7) is 0.410. The molecule has 82 valence electrons. The molecule has 1 fully saturated rings. The summed E-state index contributed by atoms with van der Waals surface area (Å²) in [4.78, 5) is 4.68. The van der Waals surface area contributed by atoms with Gasteiger partial charge >= 0.3 is 0 Å². The van der Waals surface area contributed by atoms with Crippen LogP contribution in [0.25, 0.3) is 0 Å². The first-order valence-electron chi connectivity index (χ1n) is 4.87. The Balaban J connectivity index is 2.37. The van der Waals surface area contributed by atoms with Gasteiger partial charge in [-0.15, -0.1) is 0 Å². The van der Waals surface area contributed by atoms with Gasteiger partial charge in [-0.3, -0.25) is 0 Å². The molecule has 2 rings (SSSR count). The summed E-state index contributed by atoms with van der Waals surface area (Å²) in [5, 5.41) is 0. The van der Waals surface area contributed by atoms with E-state index in [1.54, 1.807) is 13.2 Å². The molecule has 0 amide bonds. The lowest BCUT2D eigenvalue weighted by atomic mass is 9.96. The van der Waals surface area contributed by atoms with Crippen LogP contribution in [0.5, 0.6) is 5.75 Å². The fraction of sp³-hybridized carbons (Fsp3) is 0.455. The zero-order valence-electron chi connectivity index (χ0n) is 8.63. The first kappa shape index (κ1) is 10.4. The summed E-state index contributed by atoms with van der Waals surface area (Å²) in [5.74, 6) is 5.53. The van der Waals surface area contributed by atoms with Crippen molar-refractivity contribution in [2.75, 3.05) is 13.7 Å². The van der Waals surface area contributed by atoms with Crippen molar-refractivity contribution in [3.8, 4) is 5.75 Å². The molecule has 1 aliphatic carbocycles. The second kappa shape index (κ2) is 3.79. The second-order valence-corrected chi connectivity index (χ2v) is 3.94. The van der Waals surface area contributed by atoms with Crippen LogP contribution in [0, 0.1) is 5.82 Å². The molecule has 0 spiro atoms. The van der Waals surface area contributed by atoms with Crippen LogP contribution in [0.15, 0.2) is 18.2 Å². The molecule has 4 heteroatoms. The summed E-state index contributed by atoms with van der Waals surface area (Å²) in [6, 6.07) is 4.54. The van der Waals surface area contributed by atoms with E-state index in [0.717, 1.165) is 18.4 Å². The molecule has 0 saturated heterocycles. The van der Waals surface area contributed by atoms with Gasteiger partial charge in [-0.1, -0.05) is 0 Å². The van der Waals surface area contributed by atoms with E-state index in [1.807, 2.05) is 0 Å². The minimum atomic E-state index is -0.255. The lowest BCUT2D eigenvalue weighted by molar-refractivity contribution is 0.115. The predicted octanol–water partition coefficient (Wildman–Crippen LogP) is 1.76. The maximum Gasteiger partial charge on any atom is 0.123 e. The van der Waals surface area contributed by atoms with Gasteiger partial charge in [0.05, 0.1) is 13.7 Å². The zero-order chi connectivity index (χ0) is 10.9. The number of halogens is 1. The van der Waals surface area contributed by atoms with Gasteiger partial charge in [0.1, 0.15) is 11.6 Å². The molecule has 1 aromatic carbocycles. The number of ether oxygens (including phenoxy) is 1. The van der Waals surface area contributed by atoms with Crippen molar-refractivity contribution in [1.82, 2.24) is 0 Å². The van der Waals surface area contributed by atoms with Crippen molar-refractivity contribution >= 4 is 0 Å². The summed E-state index contributed by atoms with van der Waals surface area (Å²) >= 11 is 0. The van der Waals surface area contributed by atoms with Crippen molar-refractivity contribution < 1.29 is 14.0 Å². The zero-order valence-corrected chi connectivity index (χ0v) is 8.63. The minimum Gasteiger partial charge on any atom is -0.496 e. The van der Waals surface area contributed by atoms with Crippen LogP contribution in [0.3, 0.4) is 0 Å². The van der Waals surface area contributed by atoms with Crippen LogP contribution in [0.4, 0.5) is 4.39 Å². The average molecular weight is 211 g/mol. The smallest absolute Gasteiger partial charge is 0.123 e. The third-order valence-corrected chi connectivity index (χ3v) is 2.95. The van der Waals surface area contributed by atoms with Crippen molar-refractivity contribution in [1.29, 1.82) is 0 Å². The summed E-state index contributed by atoms with van der Waals surface area (Å²) in [6.07, 6.45) is 1.92. The summed E-state index contributed by atoms with van der Waals surface area (Å²) in [7, 11) is 1.58. The van der Waals surface area contributed by atoms with Gasteiger partial charge < -0.3 is 9.57 Å². The Morgan fingerprint density at radius 3 is 2.73 bits per heavy atom. The molecule has 0 aromatic heterocycles. The molecule has 0 atom stereocenters. The number of rotatable bonds is 4. The number of benzene rings is 1. The monoisotopic (exact) mass is 211 g/mol. The Morgan fingerprint density at radius 1 is 1.47 bits per heavy atom. The summed E-state index contributed by atoms with van der Waals surface area (Å²) in [5.41, 5.74) is 0.720. The van der Waals surface area contributed by atoms with Crippen LogP contribution >= 0.6 is 0 Å². The van der Waals surface area contributed by atoms with Gasteiger partial charge in [-0.05, 0) is 31.0 Å². The van der Waals surface area contributed by atoms with Crippen molar-refractivity contribution in [2.45, 2.75) is 18.3 Å². The Labute approximate surface area is 87.9 Å². The van der Waals surface area contributed by atoms with Crippen LogP contribution in [0.1, 0.15) is 18.4 Å². The SMILES string of the molecule is COc1ccc(F)cc1C1(CON)CC1. The molecule has 1 saturated carbocycles. The van der Waals surface area contributed by atoms with Crippen molar-refractivity contribution in [2.24, 2.45) is 5.90 Å². The molecular formula is C11H14FNO2. The second-order valence-electron chi connectivity index (χ2n) is 3.94. The van der Waals surface area contributed by atoms with E-state index < -0.39 is 0 Å². The first-order chi connectivity index (χ1) is 7.22. The third kappa shape index (κ3) is 1.82. The van der Waals surface area contributed by atoms with E-state index in [1.165, 1.54) is 12.1 Å². The largest absolute Gasteiger partial charge is 0.496 e. The van der Waals surface area contributed by atoms with Crippen molar-refractivity contribution in [3.63, 3.8) is 0 Å². The van der Waals surface area contributed by atoms with Crippen LogP contribution in [-0.4, -0.2) is 13.7 Å². The fourth-order valence-electron chi connectivity index (χ4n) is 1.90. The molecule has 0 radical (unpaired) electrons. The van der Waals surface area contributed by atoms with E-state index >= 15 is 0 Å². The van der Waals surface area contributed by atoms with E-state index in [4.69, 9.17) is 10.6 Å². The molecule has 0 unspecified atom stereocenters. The van der Waals surface area contributed by atoms with Crippen LogP contribution in [-0.2, 0) is 10.3 Å². The molecule has 15 heavy (non-hydrogen) atoms. The molecule has 0 bridgehead atoms. The standard InChI is InChI=1S/C11H14FNO2/c1-14-10-3-2-8(12)6-9(10)11(4-5-11)7-15-13/h2-3,6H,4-5,7,13H2,1H3. The highest BCUT2D eigenvalue weighted by molar-refractivity contribution is 5.43. The van der Waals surface area contributed by atoms with Gasteiger partial charge in [0.25, 0.3) is 0 Å². The Kier molecular flexibility index (Phi) is 2.63.